The summed E-state index contributed by atoms with van der Waals surface area (Å²) in [6.45, 7) is -0.167. The minimum atomic E-state index is -0.167. The summed E-state index contributed by atoms with van der Waals surface area (Å²) in [4.78, 5) is 2.28. The van der Waals surface area contributed by atoms with Gasteiger partial charge in [0.1, 0.15) is 23.0 Å². The molecule has 2 aliphatic rings. The number of nitrogens with zero attached hydrogens (tertiary/aromatic N) is 3. The molecule has 60 heavy (non-hydrogen) atoms. The molecule has 5 nitrogen and oxygen atoms in total. The fourth-order valence-corrected chi connectivity index (χ4v) is 9.95. The van der Waals surface area contributed by atoms with Crippen LogP contribution in [0.3, 0.4) is 0 Å². The molecule has 0 saturated carbocycles. The quantitative estimate of drug-likeness (QED) is 0.164. The SMILES string of the molecule is c1ccc(N(c2ccccc2)c2cc3c4c(c2)Oc2c(cccc2-n2c5ccccc5c5ccccc52)B4c2cccc(-n4c5ccccc5c5ccccc54)c2O3)cc1. The molecule has 6 heteroatoms. The molecule has 2 aromatic heterocycles. The second-order valence-electron chi connectivity index (χ2n) is 15.6. The maximum atomic E-state index is 7.34. The van der Waals surface area contributed by atoms with Gasteiger partial charge in [0.2, 0.25) is 0 Å². The van der Waals surface area contributed by atoms with E-state index in [0.29, 0.717) is 0 Å². The fourth-order valence-electron chi connectivity index (χ4n) is 9.95. The van der Waals surface area contributed by atoms with Gasteiger partial charge in [0.05, 0.1) is 39.1 Å². The zero-order valence-corrected chi connectivity index (χ0v) is 32.4. The van der Waals surface area contributed by atoms with Crippen LogP contribution in [0.4, 0.5) is 17.1 Å². The van der Waals surface area contributed by atoms with Crippen LogP contribution in [0.25, 0.3) is 55.0 Å². The van der Waals surface area contributed by atoms with Gasteiger partial charge < -0.3 is 23.5 Å². The number of aromatic nitrogens is 2. The van der Waals surface area contributed by atoms with Crippen molar-refractivity contribution in [3.63, 3.8) is 0 Å². The lowest BCUT2D eigenvalue weighted by Crippen LogP contribution is -2.57. The first kappa shape index (κ1) is 33.1. The molecule has 0 unspecified atom stereocenters. The maximum Gasteiger partial charge on any atom is 0.260 e. The van der Waals surface area contributed by atoms with Gasteiger partial charge in [0.25, 0.3) is 6.71 Å². The number of rotatable bonds is 5. The van der Waals surface area contributed by atoms with E-state index in [1.165, 1.54) is 21.5 Å². The average Bonchev–Trinajstić information content (AvgIpc) is 3.82. The summed E-state index contributed by atoms with van der Waals surface area (Å²) in [7, 11) is 0. The minimum absolute atomic E-state index is 0.167. The van der Waals surface area contributed by atoms with Gasteiger partial charge in [0, 0.05) is 50.5 Å². The molecule has 0 bridgehead atoms. The van der Waals surface area contributed by atoms with E-state index in [9.17, 15) is 0 Å². The minimum Gasteiger partial charge on any atom is -0.456 e. The van der Waals surface area contributed by atoms with Gasteiger partial charge in [-0.1, -0.05) is 133 Å². The summed E-state index contributed by atoms with van der Waals surface area (Å²) in [5.41, 5.74) is 12.8. The van der Waals surface area contributed by atoms with Crippen LogP contribution in [-0.4, -0.2) is 15.8 Å². The number of para-hydroxylation sites is 8. The topological polar surface area (TPSA) is 31.6 Å². The largest absolute Gasteiger partial charge is 0.456 e. The summed E-state index contributed by atoms with van der Waals surface area (Å²) in [6, 6.07) is 73.3. The molecule has 0 amide bonds. The number of ether oxygens (including phenoxy) is 2. The van der Waals surface area contributed by atoms with E-state index < -0.39 is 0 Å². The Morgan fingerprint density at radius 2 is 0.717 bits per heavy atom. The zero-order chi connectivity index (χ0) is 39.3. The predicted molar refractivity (Wildman–Crippen MR) is 247 cm³/mol. The molecule has 0 aliphatic carbocycles. The molecular weight excluding hydrogens is 733 g/mol. The second kappa shape index (κ2) is 12.8. The van der Waals surface area contributed by atoms with Crippen LogP contribution in [0.15, 0.2) is 206 Å². The predicted octanol–water partition coefficient (Wildman–Crippen LogP) is 12.1. The summed E-state index contributed by atoms with van der Waals surface area (Å²) in [5, 5.41) is 4.83. The van der Waals surface area contributed by atoms with Crippen molar-refractivity contribution in [1.29, 1.82) is 0 Å². The van der Waals surface area contributed by atoms with Gasteiger partial charge >= 0.3 is 0 Å². The van der Waals surface area contributed by atoms with E-state index in [4.69, 9.17) is 9.47 Å². The van der Waals surface area contributed by atoms with E-state index in [-0.39, 0.29) is 6.71 Å². The van der Waals surface area contributed by atoms with Crippen LogP contribution >= 0.6 is 0 Å². The van der Waals surface area contributed by atoms with E-state index in [1.54, 1.807) is 0 Å². The van der Waals surface area contributed by atoms with Crippen molar-refractivity contribution in [3.8, 4) is 34.4 Å². The molecule has 2 aliphatic heterocycles. The van der Waals surface area contributed by atoms with Crippen molar-refractivity contribution in [2.75, 3.05) is 4.90 Å². The van der Waals surface area contributed by atoms with Gasteiger partial charge in [0.15, 0.2) is 0 Å². The molecule has 0 fully saturated rings. The average molecular weight is 768 g/mol. The van der Waals surface area contributed by atoms with E-state index in [2.05, 4.69) is 220 Å². The third-order valence-corrected chi connectivity index (χ3v) is 12.4. The first-order valence-electron chi connectivity index (χ1n) is 20.5. The summed E-state index contributed by atoms with van der Waals surface area (Å²) < 4.78 is 19.4. The van der Waals surface area contributed by atoms with Crippen LogP contribution in [-0.2, 0) is 0 Å². The first-order valence-corrected chi connectivity index (χ1v) is 20.5. The first-order chi connectivity index (χ1) is 29.8. The normalized spacial score (nSPS) is 12.6. The van der Waals surface area contributed by atoms with Gasteiger partial charge in [-0.3, -0.25) is 0 Å². The van der Waals surface area contributed by atoms with Crippen LogP contribution in [0.2, 0.25) is 0 Å². The van der Waals surface area contributed by atoms with Crippen molar-refractivity contribution >= 4 is 83.8 Å². The van der Waals surface area contributed by atoms with Crippen LogP contribution in [0.5, 0.6) is 23.0 Å². The van der Waals surface area contributed by atoms with Gasteiger partial charge in [-0.05, 0) is 71.6 Å². The van der Waals surface area contributed by atoms with E-state index >= 15 is 0 Å². The number of hydrogen-bond donors (Lipinski definition) is 0. The second-order valence-corrected chi connectivity index (χ2v) is 15.6. The molecule has 0 atom stereocenters. The Morgan fingerprint density at radius 3 is 1.12 bits per heavy atom. The monoisotopic (exact) mass is 767 g/mol. The molecule has 13 rings (SSSR count). The van der Waals surface area contributed by atoms with Crippen molar-refractivity contribution < 1.29 is 9.47 Å². The lowest BCUT2D eigenvalue weighted by atomic mass is 9.34. The number of benzene rings is 9. The molecule has 0 N–H and O–H groups in total. The Kier molecular flexibility index (Phi) is 7.04. The Morgan fingerprint density at radius 1 is 0.350 bits per heavy atom. The van der Waals surface area contributed by atoms with Crippen molar-refractivity contribution in [2.24, 2.45) is 0 Å². The molecule has 0 radical (unpaired) electrons. The van der Waals surface area contributed by atoms with E-state index in [1.807, 2.05) is 0 Å². The van der Waals surface area contributed by atoms with E-state index in [0.717, 1.165) is 89.9 Å². The summed E-state index contributed by atoms with van der Waals surface area (Å²) >= 11 is 0. The smallest absolute Gasteiger partial charge is 0.260 e. The highest BCUT2D eigenvalue weighted by molar-refractivity contribution is 6.98. The van der Waals surface area contributed by atoms with Crippen LogP contribution < -0.4 is 30.8 Å². The highest BCUT2D eigenvalue weighted by atomic mass is 16.5. The highest BCUT2D eigenvalue weighted by Crippen LogP contribution is 2.46. The Bertz CT molecular complexity index is 3180. The zero-order valence-electron chi connectivity index (χ0n) is 32.4. The van der Waals surface area contributed by atoms with Crippen LogP contribution in [0.1, 0.15) is 0 Å². The standard InChI is InChI=1S/C54H34BN3O2/c1-3-17-35(18-4-1)56(36-19-5-2-6-20-36)37-33-50-52-51(34-37)60-54-43(26-16-32-49(54)58-46-29-13-9-23-40(46)41-24-10-14-30-47(41)58)55(52)42-25-15-31-48(53(42)59-50)57-44-27-11-7-21-38(44)39-22-8-12-28-45(39)57/h1-34H. The lowest BCUT2D eigenvalue weighted by Gasteiger charge is -2.36. The number of anilines is 3. The molecule has 0 saturated heterocycles. The molecule has 11 aromatic rings. The van der Waals surface area contributed by atoms with Crippen molar-refractivity contribution in [1.82, 2.24) is 9.13 Å². The summed E-state index contributed by atoms with van der Waals surface area (Å²) in [6.07, 6.45) is 0. The molecular formula is C54H34BN3O2. The third-order valence-electron chi connectivity index (χ3n) is 12.4. The van der Waals surface area contributed by atoms with Crippen molar-refractivity contribution in [3.05, 3.63) is 206 Å². The molecule has 9 aromatic carbocycles. The van der Waals surface area contributed by atoms with Gasteiger partial charge in [-0.25, -0.2) is 0 Å². The maximum absolute atomic E-state index is 7.34. The van der Waals surface area contributed by atoms with Gasteiger partial charge in [-0.15, -0.1) is 0 Å². The van der Waals surface area contributed by atoms with Crippen LogP contribution in [0, 0.1) is 0 Å². The lowest BCUT2D eigenvalue weighted by molar-refractivity contribution is 0.463. The third kappa shape index (κ3) is 4.70. The Labute approximate surface area is 346 Å². The molecule has 280 valence electrons. The summed E-state index contributed by atoms with van der Waals surface area (Å²) in [5.74, 6) is 3.23. The van der Waals surface area contributed by atoms with Crippen molar-refractivity contribution in [2.45, 2.75) is 0 Å². The Hall–Kier alpha value is -7.96. The Balaban J connectivity index is 1.11. The number of hydrogen-bond acceptors (Lipinski definition) is 3. The molecule has 0 spiro atoms. The fraction of sp³-hybridized carbons (Fsp3) is 0. The van der Waals surface area contributed by atoms with Gasteiger partial charge in [-0.2, -0.15) is 0 Å². The molecule has 4 heterocycles. The number of fused-ring (bicyclic) bond motifs is 10. The highest BCUT2D eigenvalue weighted by Gasteiger charge is 2.43.